The van der Waals surface area contributed by atoms with Gasteiger partial charge in [-0.05, 0) is 67.5 Å². The van der Waals surface area contributed by atoms with Crippen LogP contribution in [0.25, 0.3) is 10.9 Å². The van der Waals surface area contributed by atoms with Crippen molar-refractivity contribution < 1.29 is 112 Å². The number of benzene rings is 3. The number of carbonyl (C=O) groups excluding carboxylic acids is 17. The van der Waals surface area contributed by atoms with Gasteiger partial charge in [0, 0.05) is 128 Å². The standard InChI is InChI=1S/C75H105N19O23.In/c1-3-4-13-50(71(113)90-57(36-63(101)102)75(117)88-54(67(79)109)33-44-10-6-5-7-11-44)85-74(116)56(35-46-37-80-49-14-9-8-12-48(46)49)84-61(99)38-81-69(111)55(34-45-15-17-47(95)18-16-45)89-68(110)43(2)82-70(112)52(20-23-59(77)97)86-73(115)53(21-24-60(78)98)87-72(114)51(19-22-58(76)96)83-62(100)39-91-25-27-92(40-64(103)104)29-31-94(42-66(107)108)32-30-93(28-26-91)41-65(105)106;/h5-12,14-18,37,43,50-57,80,95H,3-4,13,19-36,38-42H2,1-2H3,(H2,76,96)(H2,77,97)(H2,78,98)(H2,79,109)(H,81,111)(H,82,112)(H,83,100)(H,84,99)(H,85,116)(H,86,115)(H,87,114)(H,88,117)(H,89,110)(H,90,113)(H,101,102)(H,103,104)(H,105,106)(H,107,108);/q;+3/p-3/t43-,50-,51+,52+,53+,54-,55-,56-,57-;/m0./s1/i;1-4. The van der Waals surface area contributed by atoms with E-state index in [-0.39, 0.29) is 110 Å². The van der Waals surface area contributed by atoms with Crippen LogP contribution in [0.15, 0.2) is 85.1 Å². The molecule has 5 rings (SSSR count). The number of carbonyl (C=O) groups is 18. The molecule has 0 radical (unpaired) electrons. The number of nitrogens with zero attached hydrogens (tertiary/aromatic N) is 4. The summed E-state index contributed by atoms with van der Waals surface area (Å²) >= 11 is 0. The molecule has 0 saturated carbocycles. The van der Waals surface area contributed by atoms with E-state index in [1.165, 1.54) is 43.9 Å². The molecule has 42 nitrogen and oxygen atoms in total. The van der Waals surface area contributed by atoms with Crippen molar-refractivity contribution in [2.24, 2.45) is 22.9 Å². The van der Waals surface area contributed by atoms with E-state index in [1.54, 1.807) is 67.7 Å². The van der Waals surface area contributed by atoms with Crippen LogP contribution in [-0.4, -0.2) is 307 Å². The first-order valence-electron chi connectivity index (χ1n) is 37.7. The molecule has 0 spiro atoms. The molecule has 1 fully saturated rings. The Morgan fingerprint density at radius 3 is 1.28 bits per heavy atom. The number of carboxylic acid groups (broad SMARTS) is 4. The number of hydrogen-bond donors (Lipinski definition) is 17. The fourth-order valence-electron chi connectivity index (χ4n) is 12.4. The molecule has 638 valence electrons. The number of rotatable bonds is 48. The van der Waals surface area contributed by atoms with Gasteiger partial charge >= 0.3 is 31.8 Å². The Labute approximate surface area is 696 Å². The van der Waals surface area contributed by atoms with E-state index >= 15 is 0 Å². The summed E-state index contributed by atoms with van der Waals surface area (Å²) in [7, 11) is 0. The molecule has 9 atom stereocenters. The summed E-state index contributed by atoms with van der Waals surface area (Å²) in [6.07, 6.45) is -2.71. The summed E-state index contributed by atoms with van der Waals surface area (Å²) in [5.41, 5.74) is 24.0. The Bertz CT molecular complexity index is 4130. The van der Waals surface area contributed by atoms with E-state index in [0.29, 0.717) is 40.4 Å². The molecule has 43 heteroatoms. The van der Waals surface area contributed by atoms with Crippen LogP contribution in [0.4, 0.5) is 0 Å². The SMILES string of the molecule is CCCC[C@H](NC(=O)[C@H](Cc1c[nH]c2ccccc12)NC(=O)CNC(=O)[C@H](Cc1ccc(O)cc1)NC(=O)[C@H](C)NC(=O)[C@@H](CCC(N)=O)NC(=O)[C@@H](CCC(N)=O)NC(=O)[C@@H](CCC(N)=O)NC(=O)CN1CCN(CC(=O)[O-])CCN(CC(=O)[O-])CCN(CC(=O)[O-])CC1)C(=O)N[C@@H](CC(=O)O)C(=O)N[C@@H](Cc1ccccc1)C(N)=O.[111In+3]. The number of phenolic OH excluding ortho intramolecular Hbond substituents is 1. The van der Waals surface area contributed by atoms with Crippen molar-refractivity contribution in [3.63, 3.8) is 0 Å². The van der Waals surface area contributed by atoms with Crippen molar-refractivity contribution in [2.45, 2.75) is 152 Å². The van der Waals surface area contributed by atoms with Gasteiger partial charge in [0.25, 0.3) is 0 Å². The van der Waals surface area contributed by atoms with Crippen molar-refractivity contribution in [3.8, 4) is 5.75 Å². The van der Waals surface area contributed by atoms with Crippen molar-refractivity contribution in [1.82, 2.24) is 77.8 Å². The molecule has 3 aromatic carbocycles. The Morgan fingerprint density at radius 2 is 0.814 bits per heavy atom. The molecule has 118 heavy (non-hydrogen) atoms. The summed E-state index contributed by atoms with van der Waals surface area (Å²) in [5, 5.41) is 80.1. The Hall–Kier alpha value is -11.8. The number of fused-ring (bicyclic) bond motifs is 1. The minimum atomic E-state index is -1.80. The third-order valence-electron chi connectivity index (χ3n) is 18.7. The van der Waals surface area contributed by atoms with Crippen molar-refractivity contribution in [2.75, 3.05) is 85.1 Å². The molecule has 4 aromatic rings. The van der Waals surface area contributed by atoms with Crippen LogP contribution >= 0.6 is 0 Å². The molecular weight excluding hydrogens is 1650 g/mol. The second kappa shape index (κ2) is 50.6. The predicted octanol–water partition coefficient (Wildman–Crippen LogP) is -10.6. The maximum absolute atomic E-state index is 14.6. The fraction of sp³-hybridized carbons (Fsp3) is 0.493. The number of carboxylic acids is 4. The van der Waals surface area contributed by atoms with Gasteiger partial charge in [0.1, 0.15) is 60.1 Å². The van der Waals surface area contributed by atoms with Crippen molar-refractivity contribution >= 4 is 143 Å². The van der Waals surface area contributed by atoms with Gasteiger partial charge in [0.2, 0.25) is 82.7 Å². The number of unbranched alkanes of at least 4 members (excludes halogenated alkanes) is 1. The zero-order valence-electron chi connectivity index (χ0n) is 65.3. The molecule has 0 unspecified atom stereocenters. The zero-order chi connectivity index (χ0) is 86.4. The van der Waals surface area contributed by atoms with Gasteiger partial charge in [-0.15, -0.1) is 0 Å². The van der Waals surface area contributed by atoms with Gasteiger partial charge in [-0.25, -0.2) is 0 Å². The van der Waals surface area contributed by atoms with Crippen molar-refractivity contribution in [3.05, 3.63) is 102 Å². The summed E-state index contributed by atoms with van der Waals surface area (Å²) < 4.78 is 0. The third-order valence-corrected chi connectivity index (χ3v) is 18.7. The number of aromatic nitrogens is 1. The molecule has 2 heterocycles. The number of para-hydroxylation sites is 1. The first-order valence-corrected chi connectivity index (χ1v) is 37.7. The van der Waals surface area contributed by atoms with E-state index in [4.69, 9.17) is 22.9 Å². The van der Waals surface area contributed by atoms with Gasteiger partial charge in [-0.2, -0.15) is 0 Å². The summed E-state index contributed by atoms with van der Waals surface area (Å²) in [4.78, 5) is 247. The maximum atomic E-state index is 14.6. The minimum absolute atomic E-state index is 0. The molecule has 0 aliphatic carbocycles. The van der Waals surface area contributed by atoms with Crippen LogP contribution in [0.3, 0.4) is 0 Å². The van der Waals surface area contributed by atoms with Crippen LogP contribution in [0.1, 0.15) is 94.7 Å². The van der Waals surface area contributed by atoms with E-state index in [1.807, 2.05) is 0 Å². The largest absolute Gasteiger partial charge is 3.00 e. The monoisotopic (exact) mass is 1750 g/mol. The summed E-state index contributed by atoms with van der Waals surface area (Å²) in [5.74, 6) is -20.5. The maximum Gasteiger partial charge on any atom is 3.00 e. The Kier molecular flexibility index (Phi) is 42.3. The van der Waals surface area contributed by atoms with E-state index in [2.05, 4.69) is 58.2 Å². The first-order chi connectivity index (χ1) is 55.4. The number of aliphatic carboxylic acids is 4. The smallest absolute Gasteiger partial charge is 0.549 e. The normalized spacial score (nSPS) is 15.3. The minimum Gasteiger partial charge on any atom is -0.549 e. The number of aromatic amines is 1. The summed E-state index contributed by atoms with van der Waals surface area (Å²) in [6, 6.07) is 6.07. The summed E-state index contributed by atoms with van der Waals surface area (Å²) in [6.45, 7) is -0.594. The quantitative estimate of drug-likeness (QED) is 0.0195. The van der Waals surface area contributed by atoms with Crippen molar-refractivity contribution in [1.29, 1.82) is 0 Å². The Morgan fingerprint density at radius 1 is 0.432 bits per heavy atom. The van der Waals surface area contributed by atoms with E-state index in [0.717, 1.165) is 6.92 Å². The van der Waals surface area contributed by atoms with E-state index < -0.39 is 239 Å². The van der Waals surface area contributed by atoms with Gasteiger partial charge in [-0.1, -0.05) is 80.4 Å². The topological polar surface area (TPSA) is 670 Å². The molecular formula is C75H102InN19O23. The number of primary amides is 4. The van der Waals surface area contributed by atoms with Crippen LogP contribution in [0.2, 0.25) is 0 Å². The average Bonchev–Trinajstić information content (AvgIpc) is 1.68. The number of hydrogen-bond acceptors (Lipinski definition) is 26. The van der Waals surface area contributed by atoms with Crippen LogP contribution in [0, 0.1) is 0 Å². The fourth-order valence-corrected chi connectivity index (χ4v) is 12.4. The van der Waals surface area contributed by atoms with Crippen LogP contribution in [0.5, 0.6) is 5.75 Å². The molecule has 1 aliphatic heterocycles. The van der Waals surface area contributed by atoms with E-state index in [9.17, 15) is 112 Å². The second-order valence-corrected chi connectivity index (χ2v) is 28.1. The number of nitrogens with two attached hydrogens (primary N) is 4. The molecule has 21 N–H and O–H groups in total. The number of nitrogens with one attached hydrogen (secondary N) is 11. The first kappa shape index (κ1) is 98.5. The molecule has 1 aromatic heterocycles. The van der Waals surface area contributed by atoms with Gasteiger partial charge < -0.3 is 121 Å². The average molecular weight is 1750 g/mol. The third kappa shape index (κ3) is 36.6. The number of phenols is 1. The molecule has 1 saturated heterocycles. The van der Waals surface area contributed by atoms with Gasteiger partial charge in [0.05, 0.1) is 37.4 Å². The second-order valence-electron chi connectivity index (χ2n) is 28.1. The molecule has 14 amide bonds. The number of H-pyrrole nitrogens is 1. The number of amides is 14. The predicted molar refractivity (Wildman–Crippen MR) is 413 cm³/mol. The van der Waals surface area contributed by atoms with Gasteiger partial charge in [0.15, 0.2) is 0 Å². The molecule has 0 bridgehead atoms. The number of aromatic hydroxyl groups is 1. The zero-order valence-corrected chi connectivity index (χ0v) is 68.6. The van der Waals surface area contributed by atoms with Gasteiger partial charge in [-0.3, -0.25) is 91.5 Å². The van der Waals surface area contributed by atoms with Crippen LogP contribution < -0.4 is 91.4 Å². The molecule has 1 aliphatic rings. The Balaban J connectivity index is 0.0000293. The van der Waals surface area contributed by atoms with Crippen LogP contribution in [-0.2, 0) is 106 Å².